The molecule has 3 heteroatoms. The van der Waals surface area contributed by atoms with Crippen molar-refractivity contribution in [2.45, 2.75) is 13.8 Å². The smallest absolute Gasteiger partial charge is 0.0754 e. The van der Waals surface area contributed by atoms with Gasteiger partial charge in [-0.1, -0.05) is 28.1 Å². The Labute approximate surface area is 127 Å². The van der Waals surface area contributed by atoms with Crippen LogP contribution in [0.5, 0.6) is 0 Å². The van der Waals surface area contributed by atoms with Crippen molar-refractivity contribution < 1.29 is 0 Å². The molecule has 2 aromatic carbocycles. The van der Waals surface area contributed by atoms with Crippen LogP contribution in [0.4, 0.5) is 11.4 Å². The lowest BCUT2D eigenvalue weighted by Gasteiger charge is -2.12. The number of hydrogen-bond acceptors (Lipinski definition) is 2. The molecule has 3 rings (SSSR count). The fourth-order valence-electron chi connectivity index (χ4n) is 2.26. The Kier molecular flexibility index (Phi) is 3.45. The van der Waals surface area contributed by atoms with Crippen molar-refractivity contribution in [3.8, 4) is 0 Å². The first kappa shape index (κ1) is 13.1. The van der Waals surface area contributed by atoms with E-state index in [9.17, 15) is 0 Å². The van der Waals surface area contributed by atoms with Gasteiger partial charge in [-0.3, -0.25) is 4.98 Å². The summed E-state index contributed by atoms with van der Waals surface area (Å²) in [6, 6.07) is 14.5. The van der Waals surface area contributed by atoms with Crippen molar-refractivity contribution in [1.82, 2.24) is 4.98 Å². The number of aromatic nitrogens is 1. The summed E-state index contributed by atoms with van der Waals surface area (Å²) in [5, 5.41) is 4.61. The fraction of sp³-hybridized carbons (Fsp3) is 0.118. The topological polar surface area (TPSA) is 24.9 Å². The normalized spacial score (nSPS) is 10.8. The highest BCUT2D eigenvalue weighted by atomic mass is 79.9. The summed E-state index contributed by atoms with van der Waals surface area (Å²) in [7, 11) is 0. The number of anilines is 2. The number of fused-ring (bicyclic) bond motifs is 1. The lowest BCUT2D eigenvalue weighted by Crippen LogP contribution is -1.94. The van der Waals surface area contributed by atoms with E-state index in [0.717, 1.165) is 26.8 Å². The third-order valence-corrected chi connectivity index (χ3v) is 4.09. The van der Waals surface area contributed by atoms with Gasteiger partial charge in [0, 0.05) is 27.4 Å². The Hall–Kier alpha value is -1.87. The molecule has 0 aliphatic heterocycles. The minimum Gasteiger partial charge on any atom is -0.355 e. The molecule has 3 aromatic rings. The molecule has 0 spiro atoms. The zero-order chi connectivity index (χ0) is 14.1. The van der Waals surface area contributed by atoms with Crippen LogP contribution in [0.3, 0.4) is 0 Å². The Bertz CT molecular complexity index is 764. The van der Waals surface area contributed by atoms with Gasteiger partial charge in [-0.25, -0.2) is 0 Å². The molecule has 0 bridgehead atoms. The molecule has 0 amide bonds. The highest BCUT2D eigenvalue weighted by Gasteiger charge is 2.06. The van der Waals surface area contributed by atoms with Crippen molar-refractivity contribution in [2.75, 3.05) is 5.32 Å². The molecule has 0 radical (unpaired) electrons. The second kappa shape index (κ2) is 5.25. The van der Waals surface area contributed by atoms with Crippen LogP contribution in [-0.2, 0) is 0 Å². The van der Waals surface area contributed by atoms with E-state index < -0.39 is 0 Å². The van der Waals surface area contributed by atoms with Crippen LogP contribution in [0.15, 0.2) is 53.1 Å². The minimum atomic E-state index is 1.06. The van der Waals surface area contributed by atoms with Gasteiger partial charge in [-0.05, 0) is 55.3 Å². The molecule has 0 aliphatic rings. The molecule has 0 unspecified atom stereocenters. The summed E-state index contributed by atoms with van der Waals surface area (Å²) >= 11 is 3.45. The second-order valence-corrected chi connectivity index (χ2v) is 5.81. The van der Waals surface area contributed by atoms with Crippen LogP contribution in [-0.4, -0.2) is 4.98 Å². The highest BCUT2D eigenvalue weighted by molar-refractivity contribution is 9.10. The van der Waals surface area contributed by atoms with E-state index in [0.29, 0.717) is 0 Å². The maximum Gasteiger partial charge on any atom is 0.0754 e. The predicted molar refractivity (Wildman–Crippen MR) is 88.6 cm³/mol. The quantitative estimate of drug-likeness (QED) is 0.685. The minimum absolute atomic E-state index is 1.06. The number of nitrogens with zero attached hydrogens (tertiary/aromatic N) is 1. The Morgan fingerprint density at radius 2 is 1.70 bits per heavy atom. The van der Waals surface area contributed by atoms with Crippen molar-refractivity contribution in [3.63, 3.8) is 0 Å². The van der Waals surface area contributed by atoms with E-state index in [4.69, 9.17) is 0 Å². The molecular weight excluding hydrogens is 312 g/mol. The molecule has 1 heterocycles. The van der Waals surface area contributed by atoms with Crippen LogP contribution in [0, 0.1) is 13.8 Å². The summed E-state index contributed by atoms with van der Waals surface area (Å²) in [5.74, 6) is 0. The van der Waals surface area contributed by atoms with E-state index in [2.05, 4.69) is 64.3 Å². The number of rotatable bonds is 2. The van der Waals surface area contributed by atoms with E-state index in [1.54, 1.807) is 0 Å². The van der Waals surface area contributed by atoms with E-state index >= 15 is 0 Å². The number of hydrogen-bond donors (Lipinski definition) is 1. The van der Waals surface area contributed by atoms with Crippen molar-refractivity contribution in [2.24, 2.45) is 0 Å². The molecule has 2 nitrogen and oxygen atoms in total. The highest BCUT2D eigenvalue weighted by Crippen LogP contribution is 2.28. The summed E-state index contributed by atoms with van der Waals surface area (Å²) in [6.45, 7) is 4.24. The first-order valence-corrected chi connectivity index (χ1v) is 7.32. The average Bonchev–Trinajstić information content (AvgIpc) is 2.46. The zero-order valence-corrected chi connectivity index (χ0v) is 13.0. The third kappa shape index (κ3) is 2.41. The average molecular weight is 327 g/mol. The van der Waals surface area contributed by atoms with Gasteiger partial charge in [0.1, 0.15) is 0 Å². The predicted octanol–water partition coefficient (Wildman–Crippen LogP) is 5.36. The molecular formula is C17H15BrN2. The summed E-state index contributed by atoms with van der Waals surface area (Å²) in [5.41, 5.74) is 5.72. The molecule has 1 N–H and O–H groups in total. The standard InChI is InChI=1S/C17H15BrN2/c1-11-3-8-15-16(9-10-19-17(15)12(11)2)20-14-6-4-13(18)5-7-14/h3-10H,1-2H3,(H,19,20). The van der Waals surface area contributed by atoms with Gasteiger partial charge in [0.25, 0.3) is 0 Å². The number of benzene rings is 2. The van der Waals surface area contributed by atoms with Crippen LogP contribution >= 0.6 is 15.9 Å². The summed E-state index contributed by atoms with van der Waals surface area (Å²) in [6.07, 6.45) is 1.86. The first-order valence-electron chi connectivity index (χ1n) is 6.52. The number of halogens is 1. The molecule has 1 aromatic heterocycles. The van der Waals surface area contributed by atoms with Gasteiger partial charge >= 0.3 is 0 Å². The molecule has 0 saturated heterocycles. The summed E-state index contributed by atoms with van der Waals surface area (Å²) < 4.78 is 1.08. The molecule has 0 atom stereocenters. The molecule has 100 valence electrons. The van der Waals surface area contributed by atoms with Gasteiger partial charge in [0.2, 0.25) is 0 Å². The van der Waals surface area contributed by atoms with E-state index in [1.165, 1.54) is 11.1 Å². The van der Waals surface area contributed by atoms with Crippen LogP contribution in [0.25, 0.3) is 10.9 Å². The Balaban J connectivity index is 2.08. The number of aryl methyl sites for hydroxylation is 2. The maximum absolute atomic E-state index is 4.51. The molecule has 0 fully saturated rings. The first-order chi connectivity index (χ1) is 9.65. The molecule has 20 heavy (non-hydrogen) atoms. The van der Waals surface area contributed by atoms with Gasteiger partial charge in [0.15, 0.2) is 0 Å². The number of pyridine rings is 1. The molecule has 0 saturated carbocycles. The third-order valence-electron chi connectivity index (χ3n) is 3.56. The number of nitrogens with one attached hydrogen (secondary N) is 1. The van der Waals surface area contributed by atoms with Crippen LogP contribution < -0.4 is 5.32 Å². The van der Waals surface area contributed by atoms with Crippen molar-refractivity contribution in [1.29, 1.82) is 0 Å². The molecule has 0 aliphatic carbocycles. The van der Waals surface area contributed by atoms with E-state index in [-0.39, 0.29) is 0 Å². The van der Waals surface area contributed by atoms with Gasteiger partial charge in [-0.2, -0.15) is 0 Å². The fourth-order valence-corrected chi connectivity index (χ4v) is 2.52. The zero-order valence-electron chi connectivity index (χ0n) is 11.4. The van der Waals surface area contributed by atoms with Gasteiger partial charge in [-0.15, -0.1) is 0 Å². The second-order valence-electron chi connectivity index (χ2n) is 4.89. The Morgan fingerprint density at radius 1 is 0.950 bits per heavy atom. The SMILES string of the molecule is Cc1ccc2c(Nc3ccc(Br)cc3)ccnc2c1C. The van der Waals surface area contributed by atoms with E-state index in [1.807, 2.05) is 24.4 Å². The maximum atomic E-state index is 4.51. The summed E-state index contributed by atoms with van der Waals surface area (Å²) in [4.78, 5) is 4.51. The van der Waals surface area contributed by atoms with Crippen LogP contribution in [0.1, 0.15) is 11.1 Å². The van der Waals surface area contributed by atoms with Crippen molar-refractivity contribution >= 4 is 38.2 Å². The van der Waals surface area contributed by atoms with Gasteiger partial charge in [0.05, 0.1) is 5.52 Å². The lowest BCUT2D eigenvalue weighted by molar-refractivity contribution is 1.31. The largest absolute Gasteiger partial charge is 0.355 e. The Morgan fingerprint density at radius 3 is 2.45 bits per heavy atom. The van der Waals surface area contributed by atoms with Crippen LogP contribution in [0.2, 0.25) is 0 Å². The lowest BCUT2D eigenvalue weighted by atomic mass is 10.0. The van der Waals surface area contributed by atoms with Gasteiger partial charge < -0.3 is 5.32 Å². The monoisotopic (exact) mass is 326 g/mol. The van der Waals surface area contributed by atoms with Crippen molar-refractivity contribution in [3.05, 3.63) is 64.3 Å².